The third-order valence-corrected chi connectivity index (χ3v) is 6.59. The summed E-state index contributed by atoms with van der Waals surface area (Å²) in [6.45, 7) is 8.22. The molecule has 0 bridgehead atoms. The van der Waals surface area contributed by atoms with Gasteiger partial charge in [0.1, 0.15) is 24.0 Å². The molecule has 9 nitrogen and oxygen atoms in total. The second-order valence-electron chi connectivity index (χ2n) is 8.87. The highest BCUT2D eigenvalue weighted by molar-refractivity contribution is 14.1. The lowest BCUT2D eigenvalue weighted by Crippen LogP contribution is -2.26. The molecular formula is C26H34IN7O2. The summed E-state index contributed by atoms with van der Waals surface area (Å²) in [5, 5.41) is 7.60. The molecule has 1 N–H and O–H groups in total. The Bertz CT molecular complexity index is 1200. The summed E-state index contributed by atoms with van der Waals surface area (Å²) in [4.78, 5) is 19.6. The van der Waals surface area contributed by atoms with E-state index in [-0.39, 0.29) is 5.91 Å². The first-order valence-electron chi connectivity index (χ1n) is 11.8. The minimum absolute atomic E-state index is 0.260. The summed E-state index contributed by atoms with van der Waals surface area (Å²) in [6.07, 6.45) is 11.3. The van der Waals surface area contributed by atoms with Crippen molar-refractivity contribution in [1.82, 2.24) is 22.4 Å². The lowest BCUT2D eigenvalue weighted by molar-refractivity contribution is 0.0907. The molecule has 0 fully saturated rings. The van der Waals surface area contributed by atoms with Crippen molar-refractivity contribution in [1.29, 1.82) is 0 Å². The molecule has 0 aliphatic carbocycles. The summed E-state index contributed by atoms with van der Waals surface area (Å²) in [6, 6.07) is 9.76. The van der Waals surface area contributed by atoms with Crippen LogP contribution >= 0.6 is 21.5 Å². The van der Waals surface area contributed by atoms with Gasteiger partial charge in [0.2, 0.25) is 0 Å². The zero-order valence-corrected chi connectivity index (χ0v) is 23.6. The standard InChI is InChI=1S/C26H34IN7O2/c1-6-21(11-10-14-34-19-28-18-29-34)16-33-17-23(31(4)15-20(2)3)24(26(35)32(5)27-36)25(33)30-22-12-8-7-9-13-22/h6-13,17-20,30H,14-16H2,1-5H3/b11-10-,21-6+. The molecule has 0 atom stereocenters. The molecule has 192 valence electrons. The smallest absolute Gasteiger partial charge is 0.275 e. The predicted molar refractivity (Wildman–Crippen MR) is 152 cm³/mol. The fourth-order valence-electron chi connectivity index (χ4n) is 3.87. The normalized spacial score (nSPS) is 11.9. The Hall–Kier alpha value is -3.28. The lowest BCUT2D eigenvalue weighted by Gasteiger charge is -2.22. The van der Waals surface area contributed by atoms with Crippen LogP contribution in [0.25, 0.3) is 0 Å². The van der Waals surface area contributed by atoms with Crippen LogP contribution < -0.4 is 10.2 Å². The van der Waals surface area contributed by atoms with Crippen LogP contribution in [0.1, 0.15) is 31.1 Å². The summed E-state index contributed by atoms with van der Waals surface area (Å²) in [7, 11) is 3.58. The number of allylic oxidation sites excluding steroid dienone is 4. The van der Waals surface area contributed by atoms with Gasteiger partial charge >= 0.3 is 0 Å². The van der Waals surface area contributed by atoms with Crippen molar-refractivity contribution in [2.24, 2.45) is 5.92 Å². The minimum atomic E-state index is -1.64. The average molecular weight is 604 g/mol. The van der Waals surface area contributed by atoms with Crippen LogP contribution in [0.2, 0.25) is 0 Å². The maximum Gasteiger partial charge on any atom is 0.275 e. The van der Waals surface area contributed by atoms with Crippen molar-refractivity contribution < 1.29 is 7.86 Å². The number of hydrogen-bond acceptors (Lipinski definition) is 6. The van der Waals surface area contributed by atoms with E-state index in [9.17, 15) is 7.86 Å². The maximum absolute atomic E-state index is 13.5. The van der Waals surface area contributed by atoms with Gasteiger partial charge in [0.25, 0.3) is 27.4 Å². The number of anilines is 3. The van der Waals surface area contributed by atoms with Crippen molar-refractivity contribution >= 4 is 44.6 Å². The Kier molecular flexibility index (Phi) is 9.97. The Balaban J connectivity index is 2.05. The highest BCUT2D eigenvalue weighted by Crippen LogP contribution is 2.35. The van der Waals surface area contributed by atoms with E-state index in [1.54, 1.807) is 18.1 Å². The summed E-state index contributed by atoms with van der Waals surface area (Å²) in [5.41, 5.74) is 3.26. The van der Waals surface area contributed by atoms with Crippen LogP contribution in [0.5, 0.6) is 0 Å². The van der Waals surface area contributed by atoms with Gasteiger partial charge in [-0.2, -0.15) is 5.10 Å². The predicted octanol–water partition coefficient (Wildman–Crippen LogP) is 5.42. The molecule has 2 heterocycles. The van der Waals surface area contributed by atoms with Gasteiger partial charge in [0.15, 0.2) is 0 Å². The van der Waals surface area contributed by atoms with Gasteiger partial charge in [-0.3, -0.25) is 7.91 Å². The molecule has 1 amide bonds. The summed E-state index contributed by atoms with van der Waals surface area (Å²) >= 11 is -1.64. The zero-order chi connectivity index (χ0) is 26.1. The van der Waals surface area contributed by atoms with Gasteiger partial charge in [-0.25, -0.2) is 12.7 Å². The number of amides is 1. The number of rotatable bonds is 12. The van der Waals surface area contributed by atoms with Crippen LogP contribution in [0, 0.1) is 5.92 Å². The van der Waals surface area contributed by atoms with Gasteiger partial charge in [-0.05, 0) is 30.5 Å². The minimum Gasteiger partial charge on any atom is -0.372 e. The van der Waals surface area contributed by atoms with Crippen LogP contribution in [0.3, 0.4) is 0 Å². The maximum atomic E-state index is 13.5. The number of benzene rings is 1. The zero-order valence-electron chi connectivity index (χ0n) is 21.4. The van der Waals surface area contributed by atoms with Crippen molar-refractivity contribution in [3.63, 3.8) is 0 Å². The third kappa shape index (κ3) is 7.12. The largest absolute Gasteiger partial charge is 0.372 e. The molecule has 0 saturated carbocycles. The van der Waals surface area contributed by atoms with E-state index in [0.29, 0.717) is 30.4 Å². The number of nitrogens with zero attached hydrogens (tertiary/aromatic N) is 6. The number of nitrogens with one attached hydrogen (secondary N) is 1. The van der Waals surface area contributed by atoms with E-state index >= 15 is 0 Å². The van der Waals surface area contributed by atoms with E-state index in [1.807, 2.05) is 56.6 Å². The lowest BCUT2D eigenvalue weighted by atomic mass is 10.1. The van der Waals surface area contributed by atoms with Gasteiger partial charge in [0.05, 0.1) is 12.2 Å². The first kappa shape index (κ1) is 27.3. The molecule has 1 aromatic carbocycles. The average Bonchev–Trinajstić information content (AvgIpc) is 3.51. The number of carbonyl (C=O) groups excluding carboxylic acids is 1. The molecule has 2 aromatic heterocycles. The van der Waals surface area contributed by atoms with E-state index in [4.69, 9.17) is 0 Å². The molecule has 0 spiro atoms. The summed E-state index contributed by atoms with van der Waals surface area (Å²) in [5.74, 6) is 0.816. The second kappa shape index (κ2) is 13.1. The van der Waals surface area contributed by atoms with E-state index in [2.05, 4.69) is 50.9 Å². The van der Waals surface area contributed by atoms with Gasteiger partial charge < -0.3 is 14.8 Å². The Morgan fingerprint density at radius 2 is 1.97 bits per heavy atom. The fourth-order valence-corrected chi connectivity index (χ4v) is 4.29. The Labute approximate surface area is 223 Å². The molecule has 0 unspecified atom stereocenters. The molecule has 0 radical (unpaired) electrons. The van der Waals surface area contributed by atoms with Gasteiger partial charge in [-0.15, -0.1) is 0 Å². The van der Waals surface area contributed by atoms with Crippen LogP contribution in [0.4, 0.5) is 17.2 Å². The first-order chi connectivity index (χ1) is 17.3. The molecule has 0 saturated heterocycles. The number of carbonyl (C=O) groups is 1. The molecule has 0 aliphatic heterocycles. The van der Waals surface area contributed by atoms with Crippen molar-refractivity contribution in [3.05, 3.63) is 78.5 Å². The number of halogens is 1. The molecule has 0 aliphatic rings. The monoisotopic (exact) mass is 603 g/mol. The Morgan fingerprint density at radius 1 is 1.22 bits per heavy atom. The summed E-state index contributed by atoms with van der Waals surface area (Å²) < 4.78 is 16.9. The van der Waals surface area contributed by atoms with Crippen molar-refractivity contribution in [2.45, 2.75) is 33.9 Å². The van der Waals surface area contributed by atoms with Crippen molar-refractivity contribution in [3.8, 4) is 0 Å². The quantitative estimate of drug-likeness (QED) is 0.169. The number of aromatic nitrogens is 4. The Morgan fingerprint density at radius 3 is 2.58 bits per heavy atom. The molecular weight excluding hydrogens is 569 g/mol. The van der Waals surface area contributed by atoms with Gasteiger partial charge in [-0.1, -0.05) is 50.3 Å². The van der Waals surface area contributed by atoms with E-state index < -0.39 is 21.5 Å². The van der Waals surface area contributed by atoms with E-state index in [1.165, 1.54) is 9.44 Å². The molecule has 3 rings (SSSR count). The van der Waals surface area contributed by atoms with Crippen LogP contribution in [0.15, 0.2) is 73.0 Å². The fraction of sp³-hybridized carbons (Fsp3) is 0.346. The SMILES string of the molecule is C/C=C(\C=C/Cn1cncn1)Cn1cc(N(C)CC(C)C)c(C(=O)N(C)I=O)c1Nc1ccccc1. The highest BCUT2D eigenvalue weighted by Gasteiger charge is 2.27. The van der Waals surface area contributed by atoms with E-state index in [0.717, 1.165) is 23.5 Å². The first-order valence-corrected chi connectivity index (χ1v) is 13.6. The molecule has 36 heavy (non-hydrogen) atoms. The number of hydrogen-bond donors (Lipinski definition) is 1. The third-order valence-electron chi connectivity index (χ3n) is 5.56. The van der Waals surface area contributed by atoms with Gasteiger partial charge in [0, 0.05) is 39.1 Å². The second-order valence-corrected chi connectivity index (χ2v) is 10.7. The molecule has 10 heteroatoms. The topological polar surface area (TPSA) is 88.3 Å². The van der Waals surface area contributed by atoms with Crippen LogP contribution in [-0.4, -0.2) is 49.0 Å². The van der Waals surface area contributed by atoms with Crippen LogP contribution in [-0.2, 0) is 16.2 Å². The van der Waals surface area contributed by atoms with Crippen molar-refractivity contribution in [2.75, 3.05) is 30.9 Å². The molecule has 3 aromatic rings. The number of para-hydroxylation sites is 1. The highest BCUT2D eigenvalue weighted by atomic mass is 127.